The highest BCUT2D eigenvalue weighted by molar-refractivity contribution is 9.10. The predicted molar refractivity (Wildman–Crippen MR) is 50.7 cm³/mol. The van der Waals surface area contributed by atoms with Gasteiger partial charge in [0.2, 0.25) is 0 Å². The van der Waals surface area contributed by atoms with Gasteiger partial charge in [-0.15, -0.1) is 0 Å². The first-order valence-electron chi connectivity index (χ1n) is 4.23. The second kappa shape index (κ2) is 3.17. The van der Waals surface area contributed by atoms with Crippen molar-refractivity contribution in [3.05, 3.63) is 34.1 Å². The molecule has 1 aromatic rings. The lowest BCUT2D eigenvalue weighted by molar-refractivity contribution is 0.403. The van der Waals surface area contributed by atoms with E-state index in [1.54, 1.807) is 6.07 Å². The van der Waals surface area contributed by atoms with Crippen molar-refractivity contribution in [1.29, 1.82) is 0 Å². The fraction of sp³-hybridized carbons (Fsp3) is 0.400. The fourth-order valence-corrected chi connectivity index (χ4v) is 1.94. The van der Waals surface area contributed by atoms with Crippen molar-refractivity contribution < 1.29 is 4.39 Å². The van der Waals surface area contributed by atoms with Crippen molar-refractivity contribution in [2.75, 3.05) is 0 Å². The van der Waals surface area contributed by atoms with Gasteiger partial charge in [-0.3, -0.25) is 0 Å². The van der Waals surface area contributed by atoms with Crippen molar-refractivity contribution in [2.24, 2.45) is 0 Å². The summed E-state index contributed by atoms with van der Waals surface area (Å²) in [6, 6.07) is 5.54. The van der Waals surface area contributed by atoms with Crippen LogP contribution in [0.15, 0.2) is 22.7 Å². The lowest BCUT2D eigenvalue weighted by Gasteiger charge is -2.26. The van der Waals surface area contributed by atoms with E-state index in [1.165, 1.54) is 6.42 Å². The third-order valence-corrected chi connectivity index (χ3v) is 3.14. The van der Waals surface area contributed by atoms with E-state index in [1.807, 2.05) is 12.1 Å². The van der Waals surface area contributed by atoms with E-state index in [0.29, 0.717) is 10.4 Å². The minimum absolute atomic E-state index is 0.0674. The van der Waals surface area contributed by atoms with Gasteiger partial charge in [0.1, 0.15) is 5.82 Å². The van der Waals surface area contributed by atoms with E-state index in [4.69, 9.17) is 0 Å². The second-order valence-electron chi connectivity index (χ2n) is 3.27. The molecule has 0 aliphatic heterocycles. The molecular formula is C10H10BrF. The number of halogens is 2. The van der Waals surface area contributed by atoms with Crippen LogP contribution in [0.3, 0.4) is 0 Å². The van der Waals surface area contributed by atoms with Crippen molar-refractivity contribution in [3.63, 3.8) is 0 Å². The zero-order chi connectivity index (χ0) is 8.55. The monoisotopic (exact) mass is 228 g/mol. The molecule has 0 atom stereocenters. The summed E-state index contributed by atoms with van der Waals surface area (Å²) in [7, 11) is 0. The Morgan fingerprint density at radius 2 is 2.08 bits per heavy atom. The zero-order valence-electron chi connectivity index (χ0n) is 6.69. The Hall–Kier alpha value is -0.370. The van der Waals surface area contributed by atoms with Crippen LogP contribution in [0.5, 0.6) is 0 Å². The van der Waals surface area contributed by atoms with Crippen LogP contribution in [-0.4, -0.2) is 0 Å². The lowest BCUT2D eigenvalue weighted by atomic mass is 9.80. The standard InChI is InChI=1S/C10H10BrF/c11-9-6-2-5-8(10(9)12)7-3-1-4-7/h2,5-7H,1,3-4H2. The average Bonchev–Trinajstić information content (AvgIpc) is 1.95. The predicted octanol–water partition coefficient (Wildman–Crippen LogP) is 3.86. The molecule has 12 heavy (non-hydrogen) atoms. The van der Waals surface area contributed by atoms with Gasteiger partial charge in [-0.2, -0.15) is 0 Å². The van der Waals surface area contributed by atoms with Crippen LogP contribution in [0, 0.1) is 5.82 Å². The maximum absolute atomic E-state index is 13.4. The van der Waals surface area contributed by atoms with E-state index >= 15 is 0 Å². The topological polar surface area (TPSA) is 0 Å². The molecule has 0 amide bonds. The van der Waals surface area contributed by atoms with Crippen LogP contribution in [0.25, 0.3) is 0 Å². The first kappa shape index (κ1) is 8.24. The van der Waals surface area contributed by atoms with E-state index < -0.39 is 0 Å². The molecule has 1 saturated carbocycles. The Morgan fingerprint density at radius 3 is 2.67 bits per heavy atom. The molecule has 0 N–H and O–H groups in total. The summed E-state index contributed by atoms with van der Waals surface area (Å²) in [5, 5.41) is 0. The van der Waals surface area contributed by atoms with Crippen LogP contribution in [-0.2, 0) is 0 Å². The average molecular weight is 229 g/mol. The molecule has 0 bridgehead atoms. The molecule has 0 unspecified atom stereocenters. The summed E-state index contributed by atoms with van der Waals surface area (Å²) >= 11 is 3.19. The van der Waals surface area contributed by atoms with Crippen LogP contribution >= 0.6 is 15.9 Å². The molecule has 0 aromatic heterocycles. The van der Waals surface area contributed by atoms with E-state index in [2.05, 4.69) is 15.9 Å². The third-order valence-electron chi connectivity index (χ3n) is 2.53. The second-order valence-corrected chi connectivity index (χ2v) is 4.13. The Balaban J connectivity index is 2.36. The Kier molecular flexibility index (Phi) is 2.18. The smallest absolute Gasteiger partial charge is 0.140 e. The van der Waals surface area contributed by atoms with Gasteiger partial charge >= 0.3 is 0 Å². The summed E-state index contributed by atoms with van der Waals surface area (Å²) in [5.74, 6) is 0.407. The molecule has 1 fully saturated rings. The Morgan fingerprint density at radius 1 is 1.33 bits per heavy atom. The van der Waals surface area contributed by atoms with Gasteiger partial charge < -0.3 is 0 Å². The van der Waals surface area contributed by atoms with Gasteiger partial charge in [0, 0.05) is 0 Å². The number of rotatable bonds is 1. The van der Waals surface area contributed by atoms with E-state index in [0.717, 1.165) is 18.4 Å². The molecule has 0 nitrogen and oxygen atoms in total. The SMILES string of the molecule is Fc1c(Br)cccc1C1CCC1. The van der Waals surface area contributed by atoms with Crippen molar-refractivity contribution in [3.8, 4) is 0 Å². The maximum atomic E-state index is 13.4. The van der Waals surface area contributed by atoms with Crippen molar-refractivity contribution in [2.45, 2.75) is 25.2 Å². The highest BCUT2D eigenvalue weighted by atomic mass is 79.9. The lowest BCUT2D eigenvalue weighted by Crippen LogP contribution is -2.10. The quantitative estimate of drug-likeness (QED) is 0.685. The highest BCUT2D eigenvalue weighted by Crippen LogP contribution is 2.38. The van der Waals surface area contributed by atoms with Crippen LogP contribution in [0.4, 0.5) is 4.39 Å². The van der Waals surface area contributed by atoms with Gasteiger partial charge in [-0.1, -0.05) is 18.6 Å². The summed E-state index contributed by atoms with van der Waals surface area (Å²) in [5.41, 5.74) is 0.885. The first-order valence-corrected chi connectivity index (χ1v) is 5.02. The maximum Gasteiger partial charge on any atom is 0.140 e. The summed E-state index contributed by atoms with van der Waals surface area (Å²) < 4.78 is 14.0. The van der Waals surface area contributed by atoms with Gasteiger partial charge in [0.05, 0.1) is 4.47 Å². The Bertz CT molecular complexity index is 292. The fourth-order valence-electron chi connectivity index (χ4n) is 1.56. The largest absolute Gasteiger partial charge is 0.205 e. The molecular weight excluding hydrogens is 219 g/mol. The van der Waals surface area contributed by atoms with Gasteiger partial charge in [0.25, 0.3) is 0 Å². The third kappa shape index (κ3) is 1.28. The molecule has 1 aliphatic carbocycles. The minimum Gasteiger partial charge on any atom is -0.205 e. The number of hydrogen-bond donors (Lipinski definition) is 0. The van der Waals surface area contributed by atoms with Gasteiger partial charge in [0.15, 0.2) is 0 Å². The van der Waals surface area contributed by atoms with E-state index in [9.17, 15) is 4.39 Å². The first-order chi connectivity index (χ1) is 5.79. The molecule has 2 rings (SSSR count). The van der Waals surface area contributed by atoms with Crippen LogP contribution in [0.1, 0.15) is 30.7 Å². The molecule has 0 radical (unpaired) electrons. The van der Waals surface area contributed by atoms with Gasteiger partial charge in [-0.05, 0) is 46.3 Å². The molecule has 0 saturated heterocycles. The molecule has 0 spiro atoms. The van der Waals surface area contributed by atoms with Crippen molar-refractivity contribution in [1.82, 2.24) is 0 Å². The number of benzene rings is 1. The van der Waals surface area contributed by atoms with Crippen LogP contribution < -0.4 is 0 Å². The van der Waals surface area contributed by atoms with E-state index in [-0.39, 0.29) is 5.82 Å². The van der Waals surface area contributed by atoms with Gasteiger partial charge in [-0.25, -0.2) is 4.39 Å². The van der Waals surface area contributed by atoms with Crippen LogP contribution in [0.2, 0.25) is 0 Å². The number of hydrogen-bond acceptors (Lipinski definition) is 0. The zero-order valence-corrected chi connectivity index (χ0v) is 8.27. The molecule has 0 heterocycles. The van der Waals surface area contributed by atoms with Crippen molar-refractivity contribution >= 4 is 15.9 Å². The highest BCUT2D eigenvalue weighted by Gasteiger charge is 2.22. The summed E-state index contributed by atoms with van der Waals surface area (Å²) in [6.45, 7) is 0. The Labute approximate surface area is 79.9 Å². The molecule has 1 aliphatic rings. The minimum atomic E-state index is -0.0674. The summed E-state index contributed by atoms with van der Waals surface area (Å²) in [6.07, 6.45) is 3.54. The molecule has 2 heteroatoms. The normalized spacial score (nSPS) is 17.5. The summed E-state index contributed by atoms with van der Waals surface area (Å²) in [4.78, 5) is 0. The molecule has 1 aromatic carbocycles. The molecule has 64 valence electrons.